The normalized spacial score (nSPS) is 13.7. The summed E-state index contributed by atoms with van der Waals surface area (Å²) in [5.74, 6) is 1.39. The van der Waals surface area contributed by atoms with E-state index >= 15 is 0 Å². The van der Waals surface area contributed by atoms with Crippen LogP contribution < -0.4 is 9.47 Å². The largest absolute Gasteiger partial charge is 0.467 e. The monoisotopic (exact) mass is 356 g/mol. The van der Waals surface area contributed by atoms with Crippen molar-refractivity contribution in [1.29, 1.82) is 0 Å². The predicted octanol–water partition coefficient (Wildman–Crippen LogP) is 4.73. The Morgan fingerprint density at radius 2 is 1.58 bits per heavy atom. The summed E-state index contributed by atoms with van der Waals surface area (Å²) in [5.41, 5.74) is 0.988. The predicted molar refractivity (Wildman–Crippen MR) is 98.1 cm³/mol. The maximum absolute atomic E-state index is 6.48. The van der Waals surface area contributed by atoms with E-state index < -0.39 is 8.32 Å². The Balaban J connectivity index is 3.02. The molecule has 0 aliphatic heterocycles. The van der Waals surface area contributed by atoms with Crippen LogP contribution in [0.15, 0.2) is 18.2 Å². The third kappa shape index (κ3) is 5.77. The smallest absolute Gasteiger partial charge is 0.192 e. The van der Waals surface area contributed by atoms with Gasteiger partial charge < -0.3 is 23.4 Å². The fourth-order valence-electron chi connectivity index (χ4n) is 2.00. The third-order valence-corrected chi connectivity index (χ3v) is 8.93. The van der Waals surface area contributed by atoms with Crippen LogP contribution in [0.5, 0.6) is 11.5 Å². The van der Waals surface area contributed by atoms with Crippen LogP contribution in [0.1, 0.15) is 39.4 Å². The molecule has 0 N–H and O–H groups in total. The van der Waals surface area contributed by atoms with E-state index in [-0.39, 0.29) is 24.7 Å². The van der Waals surface area contributed by atoms with Crippen LogP contribution in [-0.2, 0) is 13.9 Å². The minimum atomic E-state index is -1.88. The van der Waals surface area contributed by atoms with Crippen molar-refractivity contribution in [3.05, 3.63) is 23.8 Å². The first kappa shape index (κ1) is 21.0. The quantitative estimate of drug-likeness (QED) is 0.472. The van der Waals surface area contributed by atoms with Crippen molar-refractivity contribution < 1.29 is 23.4 Å². The summed E-state index contributed by atoms with van der Waals surface area (Å²) in [4.78, 5) is 0. The van der Waals surface area contributed by atoms with Gasteiger partial charge in [-0.25, -0.2) is 0 Å². The Morgan fingerprint density at radius 1 is 1.00 bits per heavy atom. The average Bonchev–Trinajstić information content (AvgIpc) is 2.49. The zero-order valence-electron chi connectivity index (χ0n) is 16.3. The second-order valence-corrected chi connectivity index (χ2v) is 12.1. The van der Waals surface area contributed by atoms with Gasteiger partial charge in [-0.15, -0.1) is 0 Å². The molecule has 138 valence electrons. The number of hydrogen-bond donors (Lipinski definition) is 0. The maximum atomic E-state index is 6.48. The Bertz CT molecular complexity index is 511. The highest BCUT2D eigenvalue weighted by Crippen LogP contribution is 2.41. The lowest BCUT2D eigenvalue weighted by atomic mass is 10.1. The molecule has 0 aliphatic carbocycles. The second-order valence-electron chi connectivity index (χ2n) is 7.32. The molecule has 0 amide bonds. The van der Waals surface area contributed by atoms with Gasteiger partial charge in [0.15, 0.2) is 21.9 Å². The third-order valence-electron chi connectivity index (χ3n) is 4.38. The molecule has 0 spiro atoms. The average molecular weight is 357 g/mol. The summed E-state index contributed by atoms with van der Waals surface area (Å²) in [6.07, 6.45) is -0.0748. The molecular formula is C18H32O5Si. The Hall–Kier alpha value is -1.08. The van der Waals surface area contributed by atoms with Crippen molar-refractivity contribution >= 4 is 8.32 Å². The molecule has 0 heterocycles. The highest BCUT2D eigenvalue weighted by molar-refractivity contribution is 6.74. The summed E-state index contributed by atoms with van der Waals surface area (Å²) in [6, 6.07) is 5.73. The first-order valence-electron chi connectivity index (χ1n) is 8.17. The van der Waals surface area contributed by atoms with E-state index in [0.29, 0.717) is 11.5 Å². The van der Waals surface area contributed by atoms with Gasteiger partial charge >= 0.3 is 0 Å². The minimum absolute atomic E-state index is 0.0748. The molecule has 0 aliphatic rings. The van der Waals surface area contributed by atoms with Gasteiger partial charge in [-0.3, -0.25) is 0 Å². The standard InChI is InChI=1S/C18H32O5Si/c1-14(23-24(7,8)18(2,3)4)16-10-9-15(21-12-19-5)11-17(16)22-13-20-6/h9-11,14H,12-13H2,1-8H3. The van der Waals surface area contributed by atoms with Gasteiger partial charge in [0.1, 0.15) is 11.5 Å². The van der Waals surface area contributed by atoms with Crippen LogP contribution >= 0.6 is 0 Å². The van der Waals surface area contributed by atoms with Gasteiger partial charge in [0.05, 0.1) is 6.10 Å². The zero-order chi connectivity index (χ0) is 18.4. The Kier molecular flexibility index (Phi) is 7.73. The molecule has 1 aromatic carbocycles. The highest BCUT2D eigenvalue weighted by atomic mass is 28.4. The van der Waals surface area contributed by atoms with Gasteiger partial charge in [-0.05, 0) is 37.2 Å². The van der Waals surface area contributed by atoms with Crippen LogP contribution in [-0.4, -0.2) is 36.1 Å². The van der Waals surface area contributed by atoms with E-state index in [0.717, 1.165) is 5.56 Å². The number of benzene rings is 1. The summed E-state index contributed by atoms with van der Waals surface area (Å²) < 4.78 is 27.7. The van der Waals surface area contributed by atoms with E-state index in [1.54, 1.807) is 14.2 Å². The van der Waals surface area contributed by atoms with Crippen LogP contribution in [0.4, 0.5) is 0 Å². The highest BCUT2D eigenvalue weighted by Gasteiger charge is 2.39. The Labute approximate surface area is 147 Å². The van der Waals surface area contributed by atoms with Gasteiger partial charge in [0.25, 0.3) is 0 Å². The maximum Gasteiger partial charge on any atom is 0.192 e. The molecule has 0 bridgehead atoms. The fourth-order valence-corrected chi connectivity index (χ4v) is 3.36. The van der Waals surface area contributed by atoms with E-state index in [1.807, 2.05) is 18.2 Å². The first-order valence-corrected chi connectivity index (χ1v) is 11.1. The van der Waals surface area contributed by atoms with Crippen LogP contribution in [0.25, 0.3) is 0 Å². The van der Waals surface area contributed by atoms with Crippen LogP contribution in [0.3, 0.4) is 0 Å². The molecule has 1 unspecified atom stereocenters. The van der Waals surface area contributed by atoms with Gasteiger partial charge in [-0.1, -0.05) is 20.8 Å². The lowest BCUT2D eigenvalue weighted by molar-refractivity contribution is 0.0443. The fraction of sp³-hybridized carbons (Fsp3) is 0.667. The molecule has 24 heavy (non-hydrogen) atoms. The SMILES string of the molecule is COCOc1ccc(C(C)O[Si](C)(C)C(C)(C)C)c(OCOC)c1. The number of methoxy groups -OCH3 is 2. The number of hydrogen-bond acceptors (Lipinski definition) is 5. The number of rotatable bonds is 9. The van der Waals surface area contributed by atoms with Crippen molar-refractivity contribution in [3.63, 3.8) is 0 Å². The van der Waals surface area contributed by atoms with Crippen molar-refractivity contribution in [2.75, 3.05) is 27.8 Å². The topological polar surface area (TPSA) is 46.2 Å². The number of ether oxygens (including phenoxy) is 4. The molecule has 1 aromatic rings. The van der Waals surface area contributed by atoms with E-state index in [9.17, 15) is 0 Å². The molecule has 0 fully saturated rings. The molecule has 0 saturated carbocycles. The molecule has 6 heteroatoms. The van der Waals surface area contributed by atoms with E-state index in [4.69, 9.17) is 23.4 Å². The van der Waals surface area contributed by atoms with E-state index in [2.05, 4.69) is 40.8 Å². The molecular weight excluding hydrogens is 324 g/mol. The Morgan fingerprint density at radius 3 is 2.12 bits per heavy atom. The lowest BCUT2D eigenvalue weighted by Gasteiger charge is -2.38. The lowest BCUT2D eigenvalue weighted by Crippen LogP contribution is -2.41. The summed E-state index contributed by atoms with van der Waals surface area (Å²) >= 11 is 0. The first-order chi connectivity index (χ1) is 11.1. The van der Waals surface area contributed by atoms with Crippen LogP contribution in [0.2, 0.25) is 18.1 Å². The second kappa shape index (κ2) is 8.85. The summed E-state index contributed by atoms with van der Waals surface area (Å²) in [6.45, 7) is 13.6. The van der Waals surface area contributed by atoms with Gasteiger partial charge in [-0.2, -0.15) is 0 Å². The summed E-state index contributed by atoms with van der Waals surface area (Å²) in [7, 11) is 1.31. The molecule has 5 nitrogen and oxygen atoms in total. The molecule has 0 saturated heterocycles. The molecule has 1 rings (SSSR count). The molecule has 0 aromatic heterocycles. The van der Waals surface area contributed by atoms with E-state index in [1.165, 1.54) is 0 Å². The van der Waals surface area contributed by atoms with Crippen LogP contribution in [0, 0.1) is 0 Å². The molecule has 0 radical (unpaired) electrons. The van der Waals surface area contributed by atoms with Gasteiger partial charge in [0, 0.05) is 25.8 Å². The van der Waals surface area contributed by atoms with Crippen molar-refractivity contribution in [1.82, 2.24) is 0 Å². The minimum Gasteiger partial charge on any atom is -0.467 e. The van der Waals surface area contributed by atoms with Crippen molar-refractivity contribution in [2.45, 2.75) is 51.9 Å². The van der Waals surface area contributed by atoms with Gasteiger partial charge in [0.2, 0.25) is 0 Å². The zero-order valence-corrected chi connectivity index (χ0v) is 17.3. The van der Waals surface area contributed by atoms with Crippen molar-refractivity contribution in [3.8, 4) is 11.5 Å². The summed E-state index contributed by atoms with van der Waals surface area (Å²) in [5, 5.41) is 0.149. The molecule has 1 atom stereocenters. The van der Waals surface area contributed by atoms with Crippen molar-refractivity contribution in [2.24, 2.45) is 0 Å².